The molecule has 7 nitrogen and oxygen atoms in total. The number of anilines is 1. The van der Waals surface area contributed by atoms with Gasteiger partial charge in [-0.2, -0.15) is 0 Å². The molecule has 134 valence electrons. The van der Waals surface area contributed by atoms with Gasteiger partial charge in [-0.3, -0.25) is 10.1 Å². The van der Waals surface area contributed by atoms with Gasteiger partial charge in [-0.05, 0) is 30.3 Å². The summed E-state index contributed by atoms with van der Waals surface area (Å²) in [6.07, 6.45) is 1.16. The van der Waals surface area contributed by atoms with Gasteiger partial charge in [-0.25, -0.2) is 9.37 Å². The van der Waals surface area contributed by atoms with E-state index < -0.39 is 10.7 Å². The van der Waals surface area contributed by atoms with Crippen LogP contribution in [0.2, 0.25) is 0 Å². The predicted molar refractivity (Wildman–Crippen MR) is 95.2 cm³/mol. The lowest BCUT2D eigenvalue weighted by Crippen LogP contribution is -2.06. The van der Waals surface area contributed by atoms with Crippen molar-refractivity contribution in [2.24, 2.45) is 0 Å². The number of hydrogen-bond acceptors (Lipinski definition) is 6. The molecule has 0 aliphatic rings. The van der Waals surface area contributed by atoms with Crippen molar-refractivity contribution in [1.29, 1.82) is 0 Å². The molecule has 0 aliphatic heterocycles. The summed E-state index contributed by atoms with van der Waals surface area (Å²) in [5.74, 6) is 0.710. The van der Waals surface area contributed by atoms with Crippen LogP contribution in [0.1, 0.15) is 5.56 Å². The minimum atomic E-state index is -0.551. The third-order valence-corrected chi connectivity index (χ3v) is 3.96. The van der Waals surface area contributed by atoms with E-state index in [0.717, 1.165) is 11.8 Å². The SMILES string of the molecule is COc1ccc(CNc2c([N+](=O)[O-])cnc3ccc(F)cc23)c(OC)c1. The molecule has 1 aromatic heterocycles. The first kappa shape index (κ1) is 17.4. The minimum Gasteiger partial charge on any atom is -0.497 e. The van der Waals surface area contributed by atoms with Crippen LogP contribution in [0.3, 0.4) is 0 Å². The molecule has 3 aromatic rings. The number of methoxy groups -OCH3 is 2. The Labute approximate surface area is 148 Å². The molecule has 2 aromatic carbocycles. The molecule has 1 N–H and O–H groups in total. The molecule has 0 spiro atoms. The highest BCUT2D eigenvalue weighted by Gasteiger charge is 2.19. The summed E-state index contributed by atoms with van der Waals surface area (Å²) in [5, 5.41) is 14.7. The van der Waals surface area contributed by atoms with Gasteiger partial charge in [0.25, 0.3) is 0 Å². The van der Waals surface area contributed by atoms with Crippen molar-refractivity contribution in [2.45, 2.75) is 6.54 Å². The third-order valence-electron chi connectivity index (χ3n) is 3.96. The normalized spacial score (nSPS) is 10.6. The average molecular weight is 357 g/mol. The number of nitrogens with zero attached hydrogens (tertiary/aromatic N) is 2. The average Bonchev–Trinajstić information content (AvgIpc) is 2.65. The van der Waals surface area contributed by atoms with Crippen molar-refractivity contribution in [2.75, 3.05) is 19.5 Å². The van der Waals surface area contributed by atoms with Crippen molar-refractivity contribution >= 4 is 22.3 Å². The smallest absolute Gasteiger partial charge is 0.311 e. The van der Waals surface area contributed by atoms with Crippen molar-refractivity contribution in [3.05, 3.63) is 64.1 Å². The number of nitrogens with one attached hydrogen (secondary N) is 1. The number of ether oxygens (including phenoxy) is 2. The van der Waals surface area contributed by atoms with E-state index in [2.05, 4.69) is 10.3 Å². The van der Waals surface area contributed by atoms with E-state index in [1.165, 1.54) is 25.3 Å². The lowest BCUT2D eigenvalue weighted by atomic mass is 10.1. The highest BCUT2D eigenvalue weighted by Crippen LogP contribution is 2.33. The van der Waals surface area contributed by atoms with Crippen molar-refractivity contribution in [1.82, 2.24) is 4.98 Å². The van der Waals surface area contributed by atoms with Crippen LogP contribution in [0, 0.1) is 15.9 Å². The van der Waals surface area contributed by atoms with Crippen LogP contribution < -0.4 is 14.8 Å². The Morgan fingerprint density at radius 2 is 2.00 bits per heavy atom. The van der Waals surface area contributed by atoms with Gasteiger partial charge in [0.2, 0.25) is 0 Å². The van der Waals surface area contributed by atoms with E-state index in [9.17, 15) is 14.5 Å². The fraction of sp³-hybridized carbons (Fsp3) is 0.167. The molecule has 1 heterocycles. The number of fused-ring (bicyclic) bond motifs is 1. The summed E-state index contributed by atoms with van der Waals surface area (Å²) >= 11 is 0. The molecule has 0 aliphatic carbocycles. The first-order valence-electron chi connectivity index (χ1n) is 7.71. The molecule has 26 heavy (non-hydrogen) atoms. The minimum absolute atomic E-state index is 0.206. The van der Waals surface area contributed by atoms with Gasteiger partial charge in [-0.1, -0.05) is 0 Å². The van der Waals surface area contributed by atoms with E-state index in [1.54, 1.807) is 25.3 Å². The molecule has 0 amide bonds. The van der Waals surface area contributed by atoms with E-state index in [-0.39, 0.29) is 17.9 Å². The maximum absolute atomic E-state index is 13.7. The van der Waals surface area contributed by atoms with Gasteiger partial charge in [0.15, 0.2) is 0 Å². The summed E-state index contributed by atoms with van der Waals surface area (Å²) in [6.45, 7) is 0.240. The van der Waals surface area contributed by atoms with Crippen molar-refractivity contribution < 1.29 is 18.8 Å². The Balaban J connectivity index is 2.01. The summed E-state index contributed by atoms with van der Waals surface area (Å²) in [5.41, 5.74) is 1.21. The largest absolute Gasteiger partial charge is 0.497 e. The molecule has 0 saturated carbocycles. The molecule has 3 rings (SSSR count). The topological polar surface area (TPSA) is 86.5 Å². The Kier molecular flexibility index (Phi) is 4.83. The zero-order valence-corrected chi connectivity index (χ0v) is 14.2. The Bertz CT molecular complexity index is 978. The lowest BCUT2D eigenvalue weighted by molar-refractivity contribution is -0.384. The maximum Gasteiger partial charge on any atom is 0.311 e. The molecule has 0 radical (unpaired) electrons. The van der Waals surface area contributed by atoms with Crippen LogP contribution in [0.25, 0.3) is 10.9 Å². The second-order valence-corrected chi connectivity index (χ2v) is 5.47. The molecule has 0 bridgehead atoms. The number of pyridine rings is 1. The van der Waals surface area contributed by atoms with Gasteiger partial charge in [0.05, 0.1) is 24.7 Å². The zero-order valence-electron chi connectivity index (χ0n) is 14.2. The van der Waals surface area contributed by atoms with Gasteiger partial charge in [0.1, 0.15) is 29.2 Å². The summed E-state index contributed by atoms with van der Waals surface area (Å²) in [7, 11) is 3.08. The summed E-state index contributed by atoms with van der Waals surface area (Å²) in [4.78, 5) is 14.8. The zero-order chi connectivity index (χ0) is 18.7. The fourth-order valence-electron chi connectivity index (χ4n) is 2.66. The van der Waals surface area contributed by atoms with Crippen LogP contribution in [0.15, 0.2) is 42.6 Å². The summed E-state index contributed by atoms with van der Waals surface area (Å²) < 4.78 is 24.1. The van der Waals surface area contributed by atoms with Crippen LogP contribution in [0.4, 0.5) is 15.8 Å². The van der Waals surface area contributed by atoms with Gasteiger partial charge < -0.3 is 14.8 Å². The number of rotatable bonds is 6. The Hall–Kier alpha value is -3.42. The monoisotopic (exact) mass is 357 g/mol. The number of halogens is 1. The van der Waals surface area contributed by atoms with E-state index in [0.29, 0.717) is 22.4 Å². The van der Waals surface area contributed by atoms with Crippen LogP contribution >= 0.6 is 0 Å². The first-order chi connectivity index (χ1) is 12.5. The number of aromatic nitrogens is 1. The highest BCUT2D eigenvalue weighted by atomic mass is 19.1. The molecule has 0 saturated heterocycles. The second kappa shape index (κ2) is 7.22. The third kappa shape index (κ3) is 3.34. The maximum atomic E-state index is 13.7. The fourth-order valence-corrected chi connectivity index (χ4v) is 2.66. The number of nitro groups is 1. The molecule has 0 fully saturated rings. The molecule has 0 unspecified atom stereocenters. The van der Waals surface area contributed by atoms with Crippen LogP contribution in [0.5, 0.6) is 11.5 Å². The van der Waals surface area contributed by atoms with Crippen molar-refractivity contribution in [3.63, 3.8) is 0 Å². The first-order valence-corrected chi connectivity index (χ1v) is 7.71. The van der Waals surface area contributed by atoms with Gasteiger partial charge in [-0.15, -0.1) is 0 Å². The lowest BCUT2D eigenvalue weighted by Gasteiger charge is -2.13. The standard InChI is InChI=1S/C18H16FN3O4/c1-25-13-5-3-11(17(8-13)26-2)9-21-18-14-7-12(19)4-6-15(14)20-10-16(18)22(23)24/h3-8,10H,9H2,1-2H3,(H,20,21). The molecule has 8 heteroatoms. The number of hydrogen-bond donors (Lipinski definition) is 1. The van der Waals surface area contributed by atoms with Gasteiger partial charge >= 0.3 is 5.69 Å². The van der Waals surface area contributed by atoms with E-state index in [1.807, 2.05) is 0 Å². The molecular weight excluding hydrogens is 341 g/mol. The highest BCUT2D eigenvalue weighted by molar-refractivity contribution is 5.95. The van der Waals surface area contributed by atoms with Crippen LogP contribution in [-0.2, 0) is 6.54 Å². The molecular formula is C18H16FN3O4. The predicted octanol–water partition coefficient (Wildman–Crippen LogP) is 3.91. The van der Waals surface area contributed by atoms with E-state index >= 15 is 0 Å². The van der Waals surface area contributed by atoms with Crippen LogP contribution in [-0.4, -0.2) is 24.1 Å². The number of benzene rings is 2. The molecule has 0 atom stereocenters. The Morgan fingerprint density at radius 1 is 1.19 bits per heavy atom. The van der Waals surface area contributed by atoms with Gasteiger partial charge in [0, 0.05) is 23.6 Å². The summed E-state index contributed by atoms with van der Waals surface area (Å²) in [6, 6.07) is 9.24. The van der Waals surface area contributed by atoms with Crippen molar-refractivity contribution in [3.8, 4) is 11.5 Å². The Morgan fingerprint density at radius 3 is 2.69 bits per heavy atom. The quantitative estimate of drug-likeness (QED) is 0.532. The van der Waals surface area contributed by atoms with E-state index in [4.69, 9.17) is 9.47 Å². The second-order valence-electron chi connectivity index (χ2n) is 5.47.